The van der Waals surface area contributed by atoms with E-state index in [4.69, 9.17) is 4.74 Å². The number of nitrogens with zero attached hydrogens (tertiary/aromatic N) is 2. The third-order valence-electron chi connectivity index (χ3n) is 2.42. The fourth-order valence-electron chi connectivity index (χ4n) is 1.59. The van der Waals surface area contributed by atoms with E-state index in [1.54, 1.807) is 6.92 Å². The van der Waals surface area contributed by atoms with E-state index in [9.17, 15) is 14.3 Å². The third kappa shape index (κ3) is 4.36. The van der Waals surface area contributed by atoms with Crippen LogP contribution in [0.1, 0.15) is 6.92 Å². The Labute approximate surface area is 119 Å². The van der Waals surface area contributed by atoms with Crippen LogP contribution in [0, 0.1) is 0 Å². The monoisotopic (exact) mass is 317 g/mol. The van der Waals surface area contributed by atoms with Crippen molar-refractivity contribution in [3.63, 3.8) is 0 Å². The topological polar surface area (TPSA) is 142 Å². The molecule has 0 fully saturated rings. The second-order valence-electron chi connectivity index (χ2n) is 4.04. The van der Waals surface area contributed by atoms with E-state index in [0.29, 0.717) is 17.7 Å². The van der Waals surface area contributed by atoms with Gasteiger partial charge in [-0.25, -0.2) is 4.98 Å². The molecular formula is C10H16N5O5P. The highest BCUT2D eigenvalue weighted by molar-refractivity contribution is 7.52. The van der Waals surface area contributed by atoms with Gasteiger partial charge in [0.05, 0.1) is 19.5 Å². The highest BCUT2D eigenvalue weighted by atomic mass is 31.2. The molecular weight excluding hydrogens is 301 g/mol. The van der Waals surface area contributed by atoms with Gasteiger partial charge in [0.15, 0.2) is 11.2 Å². The maximum Gasteiger partial charge on any atom is 0.353 e. The van der Waals surface area contributed by atoms with E-state index >= 15 is 0 Å². The zero-order valence-electron chi connectivity index (χ0n) is 11.3. The summed E-state index contributed by atoms with van der Waals surface area (Å²) in [5, 5.41) is 2.83. The van der Waals surface area contributed by atoms with Crippen LogP contribution in [-0.4, -0.2) is 50.9 Å². The molecule has 4 N–H and O–H groups in total. The number of hydrogen-bond donors (Lipinski definition) is 4. The molecule has 0 aliphatic heterocycles. The predicted octanol–water partition coefficient (Wildman–Crippen LogP) is 0.254. The summed E-state index contributed by atoms with van der Waals surface area (Å²) in [4.78, 5) is 34.1. The average Bonchev–Trinajstić information content (AvgIpc) is 2.87. The largest absolute Gasteiger partial charge is 0.367 e. The minimum absolute atomic E-state index is 0.143. The number of aromatic amines is 2. The number of rotatable bonds is 8. The van der Waals surface area contributed by atoms with Gasteiger partial charge in [0.2, 0.25) is 5.95 Å². The molecule has 0 saturated carbocycles. The first-order valence-corrected chi connectivity index (χ1v) is 7.99. The summed E-state index contributed by atoms with van der Waals surface area (Å²) < 4.78 is 21.0. The fraction of sp³-hybridized carbons (Fsp3) is 0.500. The average molecular weight is 317 g/mol. The minimum atomic E-state index is -3.67. The zero-order chi connectivity index (χ0) is 15.3. The molecule has 116 valence electrons. The van der Waals surface area contributed by atoms with Crippen molar-refractivity contribution in [3.8, 4) is 0 Å². The van der Waals surface area contributed by atoms with Gasteiger partial charge in [-0.2, -0.15) is 4.98 Å². The zero-order valence-corrected chi connectivity index (χ0v) is 12.2. The minimum Gasteiger partial charge on any atom is -0.367 e. The Morgan fingerprint density at radius 2 is 2.33 bits per heavy atom. The van der Waals surface area contributed by atoms with Crippen LogP contribution in [0.5, 0.6) is 0 Å². The summed E-state index contributed by atoms with van der Waals surface area (Å²) in [6.45, 7) is 2.22. The van der Waals surface area contributed by atoms with E-state index in [1.807, 2.05) is 0 Å². The van der Waals surface area contributed by atoms with Crippen molar-refractivity contribution in [2.45, 2.75) is 6.92 Å². The number of anilines is 1. The van der Waals surface area contributed by atoms with Crippen LogP contribution in [0.25, 0.3) is 11.2 Å². The van der Waals surface area contributed by atoms with Gasteiger partial charge in [-0.15, -0.1) is 0 Å². The van der Waals surface area contributed by atoms with Gasteiger partial charge in [0.25, 0.3) is 5.56 Å². The number of ether oxygens (including phenoxy) is 1. The summed E-state index contributed by atoms with van der Waals surface area (Å²) in [5.74, 6) is 0.250. The van der Waals surface area contributed by atoms with Gasteiger partial charge in [0.1, 0.15) is 6.35 Å². The number of H-pyrrole nitrogens is 2. The molecule has 0 aliphatic carbocycles. The van der Waals surface area contributed by atoms with Gasteiger partial charge < -0.3 is 24.5 Å². The number of imidazole rings is 1. The first-order chi connectivity index (χ1) is 10.0. The molecule has 10 nitrogen and oxygen atoms in total. The molecule has 21 heavy (non-hydrogen) atoms. The molecule has 11 heteroatoms. The molecule has 0 aromatic carbocycles. The second kappa shape index (κ2) is 6.81. The molecule has 0 radical (unpaired) electrons. The van der Waals surface area contributed by atoms with Crippen LogP contribution >= 0.6 is 7.60 Å². The van der Waals surface area contributed by atoms with Crippen molar-refractivity contribution in [3.05, 3.63) is 16.7 Å². The van der Waals surface area contributed by atoms with Crippen LogP contribution < -0.4 is 10.9 Å². The summed E-state index contributed by atoms with van der Waals surface area (Å²) in [6.07, 6.45) is 0.997. The van der Waals surface area contributed by atoms with E-state index in [-0.39, 0.29) is 31.1 Å². The second-order valence-corrected chi connectivity index (χ2v) is 5.83. The summed E-state index contributed by atoms with van der Waals surface area (Å²) in [7, 11) is -3.67. The van der Waals surface area contributed by atoms with E-state index < -0.39 is 7.60 Å². The lowest BCUT2D eigenvalue weighted by atomic mass is 10.5. The van der Waals surface area contributed by atoms with Crippen molar-refractivity contribution in [1.82, 2.24) is 19.9 Å². The van der Waals surface area contributed by atoms with Crippen molar-refractivity contribution in [2.24, 2.45) is 0 Å². The van der Waals surface area contributed by atoms with Crippen molar-refractivity contribution >= 4 is 24.7 Å². The lowest BCUT2D eigenvalue weighted by molar-refractivity contribution is 0.154. The first kappa shape index (κ1) is 15.6. The van der Waals surface area contributed by atoms with Crippen LogP contribution in [-0.2, 0) is 13.8 Å². The Morgan fingerprint density at radius 1 is 1.52 bits per heavy atom. The first-order valence-electron chi connectivity index (χ1n) is 6.23. The van der Waals surface area contributed by atoms with Gasteiger partial charge in [-0.3, -0.25) is 14.3 Å². The third-order valence-corrected chi connectivity index (χ3v) is 3.59. The number of fused-ring (bicyclic) bond motifs is 1. The fourth-order valence-corrected chi connectivity index (χ4v) is 2.42. The molecule has 2 aromatic heterocycles. The Kier molecular flexibility index (Phi) is 5.07. The predicted molar refractivity (Wildman–Crippen MR) is 75.3 cm³/mol. The van der Waals surface area contributed by atoms with Gasteiger partial charge >= 0.3 is 7.60 Å². The highest BCUT2D eigenvalue weighted by Crippen LogP contribution is 2.41. The smallest absolute Gasteiger partial charge is 0.353 e. The molecule has 0 saturated heterocycles. The summed E-state index contributed by atoms with van der Waals surface area (Å²) in [5.41, 5.74) is 0.269. The summed E-state index contributed by atoms with van der Waals surface area (Å²) >= 11 is 0. The molecule has 0 amide bonds. The quantitative estimate of drug-likeness (QED) is 0.401. The molecule has 2 rings (SSSR count). The number of nitrogens with one attached hydrogen (secondary N) is 3. The van der Waals surface area contributed by atoms with Crippen molar-refractivity contribution in [1.29, 1.82) is 0 Å². The maximum atomic E-state index is 11.6. The normalized spacial score (nSPS) is 14.2. The van der Waals surface area contributed by atoms with Gasteiger partial charge in [-0.05, 0) is 6.92 Å². The van der Waals surface area contributed by atoms with Crippen LogP contribution in [0.4, 0.5) is 5.95 Å². The van der Waals surface area contributed by atoms with Crippen LogP contribution in [0.15, 0.2) is 11.1 Å². The maximum absolute atomic E-state index is 11.6. The molecule has 1 unspecified atom stereocenters. The highest BCUT2D eigenvalue weighted by Gasteiger charge is 2.18. The lowest BCUT2D eigenvalue weighted by Gasteiger charge is -2.11. The van der Waals surface area contributed by atoms with Crippen LogP contribution in [0.2, 0.25) is 0 Å². The lowest BCUT2D eigenvalue weighted by Crippen LogP contribution is -2.16. The Hall–Kier alpha value is -1.74. The molecule has 0 aliphatic rings. The van der Waals surface area contributed by atoms with Crippen LogP contribution in [0.3, 0.4) is 0 Å². The van der Waals surface area contributed by atoms with Crippen molar-refractivity contribution in [2.75, 3.05) is 31.4 Å². The Bertz CT molecular complexity index is 698. The van der Waals surface area contributed by atoms with Crippen molar-refractivity contribution < 1.29 is 18.7 Å². The SMILES string of the molecule is CCOP(=O)(O)COCCNc1nc2nc[nH]c2c(=O)[nH]1. The molecule has 0 bridgehead atoms. The molecule has 1 atom stereocenters. The molecule has 0 spiro atoms. The number of aromatic nitrogens is 4. The Balaban J connectivity index is 1.80. The Morgan fingerprint density at radius 3 is 3.10 bits per heavy atom. The van der Waals surface area contributed by atoms with E-state index in [2.05, 4.69) is 29.8 Å². The van der Waals surface area contributed by atoms with E-state index in [0.717, 1.165) is 0 Å². The van der Waals surface area contributed by atoms with E-state index in [1.165, 1.54) is 6.33 Å². The molecule has 2 heterocycles. The standard InChI is InChI=1S/C10H16N5O5P/c1-2-20-21(17,18)6-19-4-3-11-10-14-8-7(9(16)15-10)12-5-13-8/h5H,2-4,6H2,1H3,(H,17,18)(H3,11,12,13,14,15,16). The summed E-state index contributed by atoms with van der Waals surface area (Å²) in [6, 6.07) is 0. The molecule has 2 aromatic rings. The number of hydrogen-bond acceptors (Lipinski definition) is 7. The van der Waals surface area contributed by atoms with Gasteiger partial charge in [0, 0.05) is 6.54 Å². The van der Waals surface area contributed by atoms with Gasteiger partial charge in [-0.1, -0.05) is 0 Å².